The molecule has 0 saturated carbocycles. The predicted molar refractivity (Wildman–Crippen MR) is 120 cm³/mol. The van der Waals surface area contributed by atoms with Crippen LogP contribution >= 0.6 is 0 Å². The molecule has 30 heavy (non-hydrogen) atoms. The molecule has 0 aliphatic carbocycles. The zero-order valence-corrected chi connectivity index (χ0v) is 18.4. The van der Waals surface area contributed by atoms with Crippen molar-refractivity contribution in [3.8, 4) is 0 Å². The Morgan fingerprint density at radius 2 is 1.73 bits per heavy atom. The molecule has 1 aliphatic heterocycles. The van der Waals surface area contributed by atoms with Crippen molar-refractivity contribution in [3.05, 3.63) is 54.1 Å². The van der Waals surface area contributed by atoms with Crippen LogP contribution in [0, 0.1) is 6.92 Å². The number of rotatable bonds is 8. The summed E-state index contributed by atoms with van der Waals surface area (Å²) in [5, 5.41) is 2.75. The Balaban J connectivity index is 1.49. The Labute approximate surface area is 179 Å². The van der Waals surface area contributed by atoms with Crippen molar-refractivity contribution in [2.24, 2.45) is 0 Å². The second-order valence-electron chi connectivity index (χ2n) is 7.44. The summed E-state index contributed by atoms with van der Waals surface area (Å²) in [6.07, 6.45) is 0.375. The van der Waals surface area contributed by atoms with Gasteiger partial charge in [0.2, 0.25) is 15.9 Å². The number of hydrogen-bond donors (Lipinski definition) is 2. The molecule has 0 aromatic heterocycles. The number of anilines is 2. The molecule has 1 saturated heterocycles. The van der Waals surface area contributed by atoms with Gasteiger partial charge in [0.15, 0.2) is 0 Å². The van der Waals surface area contributed by atoms with E-state index in [2.05, 4.69) is 32.0 Å². The Kier molecular flexibility index (Phi) is 7.47. The molecule has 0 bridgehead atoms. The largest absolute Gasteiger partial charge is 0.369 e. The van der Waals surface area contributed by atoms with Gasteiger partial charge in [0.25, 0.3) is 0 Å². The first-order valence-corrected chi connectivity index (χ1v) is 11.8. The summed E-state index contributed by atoms with van der Waals surface area (Å²) >= 11 is 0. The standard InChI is InChI=1S/C22H30N4O3S/c1-3-22(27)24-19-9-10-21(18(2)17-19)30(28,29)23-11-12-25-13-15-26(16-14-25)20-7-5-4-6-8-20/h4-10,17,23H,3,11-16H2,1-2H3,(H,24,27). The van der Waals surface area contributed by atoms with Crippen LogP contribution in [0.1, 0.15) is 18.9 Å². The number of nitrogens with one attached hydrogen (secondary N) is 2. The lowest BCUT2D eigenvalue weighted by Crippen LogP contribution is -2.48. The minimum atomic E-state index is -3.60. The fourth-order valence-electron chi connectivity index (χ4n) is 3.56. The SMILES string of the molecule is CCC(=O)Nc1ccc(S(=O)(=O)NCCN2CCN(c3ccccc3)CC2)c(C)c1. The lowest BCUT2D eigenvalue weighted by atomic mass is 10.2. The molecule has 0 unspecified atom stereocenters. The van der Waals surface area contributed by atoms with Crippen molar-refractivity contribution in [3.63, 3.8) is 0 Å². The Hall–Kier alpha value is -2.42. The molecule has 1 amide bonds. The van der Waals surface area contributed by atoms with Gasteiger partial charge in [-0.3, -0.25) is 9.69 Å². The minimum absolute atomic E-state index is 0.101. The number of piperazine rings is 1. The maximum atomic E-state index is 12.7. The van der Waals surface area contributed by atoms with Crippen LogP contribution in [-0.4, -0.2) is 58.5 Å². The summed E-state index contributed by atoms with van der Waals surface area (Å²) < 4.78 is 28.1. The normalized spacial score (nSPS) is 15.2. The van der Waals surface area contributed by atoms with E-state index < -0.39 is 10.0 Å². The number of amides is 1. The third-order valence-electron chi connectivity index (χ3n) is 5.28. The molecule has 0 radical (unpaired) electrons. The number of carbonyl (C=O) groups excluding carboxylic acids is 1. The van der Waals surface area contributed by atoms with E-state index in [9.17, 15) is 13.2 Å². The first-order chi connectivity index (χ1) is 14.4. The molecule has 7 nitrogen and oxygen atoms in total. The van der Waals surface area contributed by atoms with E-state index in [1.165, 1.54) is 5.69 Å². The van der Waals surface area contributed by atoms with Crippen LogP contribution in [-0.2, 0) is 14.8 Å². The minimum Gasteiger partial charge on any atom is -0.369 e. The summed E-state index contributed by atoms with van der Waals surface area (Å²) in [7, 11) is -3.60. The molecular weight excluding hydrogens is 400 g/mol. The van der Waals surface area contributed by atoms with E-state index in [1.54, 1.807) is 32.0 Å². The van der Waals surface area contributed by atoms with Gasteiger partial charge in [-0.25, -0.2) is 13.1 Å². The second kappa shape index (κ2) is 10.1. The number of aryl methyl sites for hydroxylation is 1. The van der Waals surface area contributed by atoms with Crippen molar-refractivity contribution >= 4 is 27.3 Å². The number of carbonyl (C=O) groups is 1. The van der Waals surface area contributed by atoms with Crippen LogP contribution in [0.25, 0.3) is 0 Å². The number of nitrogens with zero attached hydrogens (tertiary/aromatic N) is 2. The maximum Gasteiger partial charge on any atom is 0.240 e. The summed E-state index contributed by atoms with van der Waals surface area (Å²) in [6, 6.07) is 15.2. The molecule has 8 heteroatoms. The lowest BCUT2D eigenvalue weighted by Gasteiger charge is -2.36. The van der Waals surface area contributed by atoms with E-state index in [4.69, 9.17) is 0 Å². The zero-order valence-electron chi connectivity index (χ0n) is 17.6. The van der Waals surface area contributed by atoms with Gasteiger partial charge >= 0.3 is 0 Å². The number of benzene rings is 2. The van der Waals surface area contributed by atoms with Gasteiger partial charge in [-0.1, -0.05) is 25.1 Å². The van der Waals surface area contributed by atoms with Gasteiger partial charge < -0.3 is 10.2 Å². The fraction of sp³-hybridized carbons (Fsp3) is 0.409. The predicted octanol–water partition coefficient (Wildman–Crippen LogP) is 2.44. The van der Waals surface area contributed by atoms with Crippen molar-refractivity contribution in [2.45, 2.75) is 25.2 Å². The van der Waals surface area contributed by atoms with E-state index in [0.29, 0.717) is 30.8 Å². The highest BCUT2D eigenvalue weighted by Gasteiger charge is 2.20. The molecule has 162 valence electrons. The average Bonchev–Trinajstić information content (AvgIpc) is 2.74. The molecule has 3 rings (SSSR count). The van der Waals surface area contributed by atoms with Gasteiger partial charge in [0.05, 0.1) is 4.90 Å². The third-order valence-corrected chi connectivity index (χ3v) is 6.90. The Morgan fingerprint density at radius 3 is 2.37 bits per heavy atom. The second-order valence-corrected chi connectivity index (χ2v) is 9.18. The van der Waals surface area contributed by atoms with Gasteiger partial charge in [-0.2, -0.15) is 0 Å². The first-order valence-electron chi connectivity index (χ1n) is 10.3. The van der Waals surface area contributed by atoms with Crippen molar-refractivity contribution in [1.29, 1.82) is 0 Å². The summed E-state index contributed by atoms with van der Waals surface area (Å²) in [4.78, 5) is 16.4. The van der Waals surface area contributed by atoms with E-state index in [1.807, 2.05) is 18.2 Å². The summed E-state index contributed by atoms with van der Waals surface area (Å²) in [6.45, 7) is 8.21. The zero-order chi connectivity index (χ0) is 21.6. The number of hydrogen-bond acceptors (Lipinski definition) is 5. The molecule has 0 atom stereocenters. The first kappa shape index (κ1) is 22.3. The van der Waals surface area contributed by atoms with Crippen LogP contribution in [0.3, 0.4) is 0 Å². The highest BCUT2D eigenvalue weighted by atomic mass is 32.2. The van der Waals surface area contributed by atoms with E-state index in [0.717, 1.165) is 26.2 Å². The van der Waals surface area contributed by atoms with Crippen LogP contribution < -0.4 is 14.9 Å². The molecule has 2 N–H and O–H groups in total. The molecule has 2 aromatic carbocycles. The Bertz CT molecular complexity index is 956. The molecule has 1 fully saturated rings. The smallest absolute Gasteiger partial charge is 0.240 e. The topological polar surface area (TPSA) is 81.7 Å². The lowest BCUT2D eigenvalue weighted by molar-refractivity contribution is -0.115. The molecule has 1 aliphatic rings. The number of sulfonamides is 1. The summed E-state index contributed by atoms with van der Waals surface area (Å²) in [5.41, 5.74) is 2.44. The van der Waals surface area contributed by atoms with Crippen molar-refractivity contribution in [2.75, 3.05) is 49.5 Å². The molecule has 2 aromatic rings. The maximum absolute atomic E-state index is 12.7. The van der Waals surface area contributed by atoms with Gasteiger partial charge in [-0.15, -0.1) is 0 Å². The average molecular weight is 431 g/mol. The third kappa shape index (κ3) is 5.81. The van der Waals surface area contributed by atoms with Crippen molar-refractivity contribution in [1.82, 2.24) is 9.62 Å². The quantitative estimate of drug-likeness (QED) is 0.672. The monoisotopic (exact) mass is 430 g/mol. The van der Waals surface area contributed by atoms with Crippen LogP contribution in [0.15, 0.2) is 53.4 Å². The van der Waals surface area contributed by atoms with Gasteiger partial charge in [0, 0.05) is 57.1 Å². The molecular formula is C22H30N4O3S. The van der Waals surface area contributed by atoms with Crippen LogP contribution in [0.4, 0.5) is 11.4 Å². The van der Waals surface area contributed by atoms with Crippen LogP contribution in [0.5, 0.6) is 0 Å². The van der Waals surface area contributed by atoms with E-state index in [-0.39, 0.29) is 10.8 Å². The van der Waals surface area contributed by atoms with Crippen molar-refractivity contribution < 1.29 is 13.2 Å². The summed E-state index contributed by atoms with van der Waals surface area (Å²) in [5.74, 6) is -0.101. The molecule has 0 spiro atoms. The molecule has 1 heterocycles. The van der Waals surface area contributed by atoms with Gasteiger partial charge in [0.1, 0.15) is 0 Å². The van der Waals surface area contributed by atoms with Gasteiger partial charge in [-0.05, 0) is 42.8 Å². The Morgan fingerprint density at radius 1 is 1.03 bits per heavy atom. The van der Waals surface area contributed by atoms with E-state index >= 15 is 0 Å². The number of para-hydroxylation sites is 1. The van der Waals surface area contributed by atoms with Crippen LogP contribution in [0.2, 0.25) is 0 Å². The highest BCUT2D eigenvalue weighted by Crippen LogP contribution is 2.20. The fourth-order valence-corrected chi connectivity index (χ4v) is 4.81. The highest BCUT2D eigenvalue weighted by molar-refractivity contribution is 7.89.